The highest BCUT2D eigenvalue weighted by Crippen LogP contribution is 2.28. The first-order valence-electron chi connectivity index (χ1n) is 11.5. The Hall–Kier alpha value is -1.89. The third kappa shape index (κ3) is 7.63. The minimum Gasteiger partial charge on any atom is -0.478 e. The molecule has 7 heteroatoms. The van der Waals surface area contributed by atoms with E-state index in [-0.39, 0.29) is 41.3 Å². The van der Waals surface area contributed by atoms with E-state index in [4.69, 9.17) is 0 Å². The Labute approximate surface area is 188 Å². The number of amides is 2. The molecule has 0 aliphatic heterocycles. The number of carbonyl (C=O) groups is 3. The van der Waals surface area contributed by atoms with Gasteiger partial charge in [-0.15, -0.1) is 0 Å². The predicted molar refractivity (Wildman–Crippen MR) is 124 cm³/mol. The van der Waals surface area contributed by atoms with Gasteiger partial charge in [0.05, 0.1) is 12.1 Å². The van der Waals surface area contributed by atoms with Gasteiger partial charge in [0.1, 0.15) is 6.04 Å². The molecule has 0 heterocycles. The summed E-state index contributed by atoms with van der Waals surface area (Å²) in [6.07, 6.45) is 7.12. The third-order valence-corrected chi connectivity index (χ3v) is 6.35. The molecular formula is C24H43N3O4. The van der Waals surface area contributed by atoms with Gasteiger partial charge in [-0.25, -0.2) is 4.79 Å². The number of hydrogen-bond acceptors (Lipinski definition) is 4. The number of hydrogen-bond donors (Lipinski definition) is 3. The Morgan fingerprint density at radius 2 is 1.65 bits per heavy atom. The number of carboxylic acid groups (broad SMARTS) is 1. The molecule has 0 radical (unpaired) electrons. The molecule has 0 aromatic heterocycles. The van der Waals surface area contributed by atoms with Crippen molar-refractivity contribution in [3.05, 3.63) is 11.6 Å². The molecule has 31 heavy (non-hydrogen) atoms. The highest BCUT2D eigenvalue weighted by molar-refractivity contribution is 5.91. The summed E-state index contributed by atoms with van der Waals surface area (Å²) in [7, 11) is 3.48. The van der Waals surface area contributed by atoms with E-state index in [0.717, 1.165) is 25.7 Å². The van der Waals surface area contributed by atoms with Crippen molar-refractivity contribution in [1.29, 1.82) is 0 Å². The summed E-state index contributed by atoms with van der Waals surface area (Å²) in [5.74, 6) is -1.07. The molecule has 0 aromatic rings. The Balaban J connectivity index is 3.11. The molecule has 178 valence electrons. The molecule has 0 aromatic carbocycles. The van der Waals surface area contributed by atoms with E-state index in [1.165, 1.54) is 13.3 Å². The molecule has 1 saturated carbocycles. The summed E-state index contributed by atoms with van der Waals surface area (Å²) >= 11 is 0. The van der Waals surface area contributed by atoms with Gasteiger partial charge in [0, 0.05) is 12.6 Å². The standard InChI is InChI=1S/C24H43N3O4/c1-15(2)18(14-16(3)23(30)31)27(8)22(29)20(24(4,5)6)26-21(28)19(25-7)17-12-10-9-11-13-17/h14-15,17-20,25H,9-13H2,1-8H3,(H,26,28)(H,30,31)/b16-14+/t18-,19+,20-/m1/s1. The highest BCUT2D eigenvalue weighted by Gasteiger charge is 2.39. The van der Waals surface area contributed by atoms with Gasteiger partial charge in [0.25, 0.3) is 0 Å². The van der Waals surface area contributed by atoms with Crippen LogP contribution in [-0.4, -0.2) is 60.0 Å². The first-order chi connectivity index (χ1) is 14.3. The Kier molecular flexibility index (Phi) is 10.2. The van der Waals surface area contributed by atoms with Crippen molar-refractivity contribution < 1.29 is 19.5 Å². The molecule has 1 rings (SSSR count). The smallest absolute Gasteiger partial charge is 0.331 e. The van der Waals surface area contributed by atoms with Crippen LogP contribution in [-0.2, 0) is 14.4 Å². The van der Waals surface area contributed by atoms with Gasteiger partial charge in [-0.05, 0) is 44.1 Å². The lowest BCUT2D eigenvalue weighted by Crippen LogP contribution is -2.60. The van der Waals surface area contributed by atoms with Crippen LogP contribution >= 0.6 is 0 Å². The molecule has 3 N–H and O–H groups in total. The molecule has 0 unspecified atom stereocenters. The number of carbonyl (C=O) groups excluding carboxylic acids is 2. The van der Waals surface area contributed by atoms with Crippen LogP contribution in [0, 0.1) is 17.3 Å². The zero-order chi connectivity index (χ0) is 23.9. The largest absolute Gasteiger partial charge is 0.478 e. The fraction of sp³-hybridized carbons (Fsp3) is 0.792. The van der Waals surface area contributed by atoms with Crippen molar-refractivity contribution in [3.63, 3.8) is 0 Å². The maximum Gasteiger partial charge on any atom is 0.331 e. The minimum atomic E-state index is -1.00. The molecule has 1 aliphatic carbocycles. The molecule has 1 fully saturated rings. The summed E-state index contributed by atoms with van der Waals surface area (Å²) in [6.45, 7) is 11.2. The Morgan fingerprint density at radius 1 is 1.10 bits per heavy atom. The second kappa shape index (κ2) is 11.7. The van der Waals surface area contributed by atoms with Gasteiger partial charge in [-0.3, -0.25) is 9.59 Å². The summed E-state index contributed by atoms with van der Waals surface area (Å²) in [4.78, 5) is 39.6. The minimum absolute atomic E-state index is 0.0202. The van der Waals surface area contributed by atoms with Gasteiger partial charge in [-0.2, -0.15) is 0 Å². The van der Waals surface area contributed by atoms with E-state index in [1.807, 2.05) is 34.6 Å². The molecular weight excluding hydrogens is 394 g/mol. The number of aliphatic carboxylic acids is 1. The van der Waals surface area contributed by atoms with Gasteiger partial charge in [0.15, 0.2) is 0 Å². The number of likely N-dealkylation sites (N-methyl/N-ethyl adjacent to an activating group) is 2. The van der Waals surface area contributed by atoms with Crippen LogP contribution in [0.3, 0.4) is 0 Å². The number of nitrogens with one attached hydrogen (secondary N) is 2. The fourth-order valence-corrected chi connectivity index (χ4v) is 4.36. The van der Waals surface area contributed by atoms with Crippen molar-refractivity contribution in [3.8, 4) is 0 Å². The van der Waals surface area contributed by atoms with Crippen molar-refractivity contribution >= 4 is 17.8 Å². The van der Waals surface area contributed by atoms with Crippen molar-refractivity contribution in [2.45, 2.75) is 91.8 Å². The average molecular weight is 438 g/mol. The van der Waals surface area contributed by atoms with E-state index in [0.29, 0.717) is 0 Å². The predicted octanol–water partition coefficient (Wildman–Crippen LogP) is 3.20. The molecule has 0 bridgehead atoms. The highest BCUT2D eigenvalue weighted by atomic mass is 16.4. The number of nitrogens with zero attached hydrogens (tertiary/aromatic N) is 1. The lowest BCUT2D eigenvalue weighted by molar-refractivity contribution is -0.141. The normalized spacial score (nSPS) is 18.9. The zero-order valence-electron chi connectivity index (χ0n) is 20.6. The van der Waals surface area contributed by atoms with E-state index in [9.17, 15) is 19.5 Å². The third-order valence-electron chi connectivity index (χ3n) is 6.35. The monoisotopic (exact) mass is 437 g/mol. The number of carboxylic acids is 1. The van der Waals surface area contributed by atoms with E-state index < -0.39 is 17.4 Å². The van der Waals surface area contributed by atoms with Crippen LogP contribution in [0.1, 0.15) is 73.6 Å². The SMILES string of the molecule is CN[C@H](C(=O)N[C@H](C(=O)N(C)[C@H](/C=C(\C)C(=O)O)C(C)C)C(C)(C)C)C1CCCCC1. The van der Waals surface area contributed by atoms with Crippen LogP contribution < -0.4 is 10.6 Å². The van der Waals surface area contributed by atoms with E-state index in [1.54, 1.807) is 25.1 Å². The van der Waals surface area contributed by atoms with Crippen LogP contribution in [0.4, 0.5) is 0 Å². The Bertz CT molecular complexity index is 660. The van der Waals surface area contributed by atoms with Crippen molar-refractivity contribution in [2.24, 2.45) is 17.3 Å². The maximum absolute atomic E-state index is 13.5. The molecule has 1 aliphatic rings. The first kappa shape index (κ1) is 27.1. The topological polar surface area (TPSA) is 98.7 Å². The second-order valence-electron chi connectivity index (χ2n) is 10.3. The van der Waals surface area contributed by atoms with E-state index >= 15 is 0 Å². The molecule has 0 spiro atoms. The van der Waals surface area contributed by atoms with Gasteiger partial charge < -0.3 is 20.6 Å². The lowest BCUT2D eigenvalue weighted by Gasteiger charge is -2.38. The van der Waals surface area contributed by atoms with Gasteiger partial charge in [-0.1, -0.05) is 60.0 Å². The van der Waals surface area contributed by atoms with Crippen LogP contribution in [0.15, 0.2) is 11.6 Å². The van der Waals surface area contributed by atoms with Crippen LogP contribution in [0.2, 0.25) is 0 Å². The quantitative estimate of drug-likeness (QED) is 0.481. The lowest BCUT2D eigenvalue weighted by atomic mass is 9.82. The summed E-state index contributed by atoms with van der Waals surface area (Å²) < 4.78 is 0. The van der Waals surface area contributed by atoms with Crippen molar-refractivity contribution in [1.82, 2.24) is 15.5 Å². The summed E-state index contributed by atoms with van der Waals surface area (Å²) in [5.41, 5.74) is -0.305. The molecule has 0 saturated heterocycles. The number of rotatable bonds is 9. The average Bonchev–Trinajstić information content (AvgIpc) is 2.69. The Morgan fingerprint density at radius 3 is 2.06 bits per heavy atom. The molecule has 3 atom stereocenters. The maximum atomic E-state index is 13.5. The summed E-state index contributed by atoms with van der Waals surface area (Å²) in [5, 5.41) is 15.5. The van der Waals surface area contributed by atoms with Crippen molar-refractivity contribution in [2.75, 3.05) is 14.1 Å². The van der Waals surface area contributed by atoms with Gasteiger partial charge in [0.2, 0.25) is 11.8 Å². The summed E-state index contributed by atoms with van der Waals surface area (Å²) in [6, 6.07) is -1.42. The molecule has 7 nitrogen and oxygen atoms in total. The first-order valence-corrected chi connectivity index (χ1v) is 11.5. The van der Waals surface area contributed by atoms with Crippen LogP contribution in [0.25, 0.3) is 0 Å². The van der Waals surface area contributed by atoms with Gasteiger partial charge >= 0.3 is 5.97 Å². The zero-order valence-corrected chi connectivity index (χ0v) is 20.6. The fourth-order valence-electron chi connectivity index (χ4n) is 4.36. The molecule has 2 amide bonds. The second-order valence-corrected chi connectivity index (χ2v) is 10.3. The van der Waals surface area contributed by atoms with E-state index in [2.05, 4.69) is 10.6 Å². The van der Waals surface area contributed by atoms with Crippen LogP contribution in [0.5, 0.6) is 0 Å².